The first-order valence-corrected chi connectivity index (χ1v) is 7.37. The number of para-hydroxylation sites is 1. The third kappa shape index (κ3) is 3.53. The van der Waals surface area contributed by atoms with Crippen LogP contribution < -0.4 is 5.32 Å². The molecule has 1 nitrogen and oxygen atoms in total. The van der Waals surface area contributed by atoms with E-state index in [-0.39, 0.29) is 0 Å². The molecule has 0 bridgehead atoms. The maximum atomic E-state index is 3.78. The van der Waals surface area contributed by atoms with Crippen LogP contribution in [-0.4, -0.2) is 11.8 Å². The Balaban J connectivity index is 2.01. The van der Waals surface area contributed by atoms with E-state index in [2.05, 4.69) is 43.1 Å². The van der Waals surface area contributed by atoms with Crippen LogP contribution in [0.5, 0.6) is 0 Å². The molecule has 2 atom stereocenters. The Hall–Kier alpha value is -0.890. The van der Waals surface area contributed by atoms with Crippen LogP contribution in [0, 0.1) is 5.92 Å². The zero-order valence-electron chi connectivity index (χ0n) is 10.5. The lowest BCUT2D eigenvalue weighted by molar-refractivity contribution is 0.602. The molecule has 0 radical (unpaired) electrons. The molecule has 1 fully saturated rings. The van der Waals surface area contributed by atoms with Gasteiger partial charge in [0.2, 0.25) is 0 Å². The summed E-state index contributed by atoms with van der Waals surface area (Å²) >= 11 is 1.85. The van der Waals surface area contributed by atoms with Crippen LogP contribution in [0.25, 0.3) is 0 Å². The third-order valence-corrected chi connectivity index (χ3v) is 4.37. The summed E-state index contributed by atoms with van der Waals surface area (Å²) < 4.78 is 0. The predicted octanol–water partition coefficient (Wildman–Crippen LogP) is 4.57. The highest BCUT2D eigenvalue weighted by Gasteiger charge is 2.21. The Morgan fingerprint density at radius 1 is 1.41 bits per heavy atom. The van der Waals surface area contributed by atoms with E-state index in [4.69, 9.17) is 0 Å². The summed E-state index contributed by atoms with van der Waals surface area (Å²) in [5.74, 6) is 1.85. The van der Waals surface area contributed by atoms with Crippen LogP contribution in [0.1, 0.15) is 26.2 Å². The fraction of sp³-hybridized carbons (Fsp3) is 0.467. The molecular formula is C15H21NS. The van der Waals surface area contributed by atoms with Crippen molar-refractivity contribution >= 4 is 17.4 Å². The molecule has 0 aromatic heterocycles. The van der Waals surface area contributed by atoms with Gasteiger partial charge in [-0.05, 0) is 37.3 Å². The van der Waals surface area contributed by atoms with E-state index in [1.165, 1.54) is 29.8 Å². The fourth-order valence-corrected chi connectivity index (χ4v) is 3.17. The highest BCUT2D eigenvalue weighted by atomic mass is 32.2. The van der Waals surface area contributed by atoms with E-state index in [9.17, 15) is 0 Å². The number of benzene rings is 1. The van der Waals surface area contributed by atoms with Crippen LogP contribution in [0.2, 0.25) is 0 Å². The molecule has 0 amide bonds. The summed E-state index contributed by atoms with van der Waals surface area (Å²) in [6.45, 7) is 6.12. The average molecular weight is 247 g/mol. The summed E-state index contributed by atoms with van der Waals surface area (Å²) in [5, 5.41) is 3.69. The minimum absolute atomic E-state index is 0.662. The number of hydrogen-bond acceptors (Lipinski definition) is 2. The monoisotopic (exact) mass is 247 g/mol. The van der Waals surface area contributed by atoms with Gasteiger partial charge < -0.3 is 5.32 Å². The van der Waals surface area contributed by atoms with E-state index in [1.54, 1.807) is 0 Å². The minimum Gasteiger partial charge on any atom is -0.381 e. The van der Waals surface area contributed by atoms with Gasteiger partial charge in [0, 0.05) is 22.4 Å². The summed E-state index contributed by atoms with van der Waals surface area (Å²) in [6, 6.07) is 9.26. The lowest BCUT2D eigenvalue weighted by atomic mass is 10.1. The van der Waals surface area contributed by atoms with E-state index in [1.807, 2.05) is 17.8 Å². The maximum absolute atomic E-state index is 3.78. The van der Waals surface area contributed by atoms with Crippen molar-refractivity contribution in [3.05, 3.63) is 36.9 Å². The molecule has 0 heterocycles. The summed E-state index contributed by atoms with van der Waals surface area (Å²) in [4.78, 5) is 1.34. The largest absolute Gasteiger partial charge is 0.381 e. The lowest BCUT2D eigenvalue weighted by Gasteiger charge is -2.16. The van der Waals surface area contributed by atoms with Gasteiger partial charge in [0.15, 0.2) is 0 Å². The smallest absolute Gasteiger partial charge is 0.0480 e. The Labute approximate surface area is 109 Å². The number of anilines is 1. The topological polar surface area (TPSA) is 12.0 Å². The van der Waals surface area contributed by atoms with E-state index >= 15 is 0 Å². The van der Waals surface area contributed by atoms with Crippen molar-refractivity contribution in [2.45, 2.75) is 37.1 Å². The molecule has 17 heavy (non-hydrogen) atoms. The molecule has 0 aliphatic heterocycles. The molecule has 2 unspecified atom stereocenters. The normalized spacial score (nSPS) is 23.6. The van der Waals surface area contributed by atoms with Crippen molar-refractivity contribution in [2.75, 3.05) is 11.1 Å². The van der Waals surface area contributed by atoms with Gasteiger partial charge in [-0.15, -0.1) is 18.3 Å². The highest BCUT2D eigenvalue weighted by molar-refractivity contribution is 7.99. The number of nitrogens with one attached hydrogen (secondary N) is 1. The first-order valence-electron chi connectivity index (χ1n) is 6.39. The molecule has 2 heteroatoms. The zero-order valence-corrected chi connectivity index (χ0v) is 11.3. The number of hydrogen-bond donors (Lipinski definition) is 1. The fourth-order valence-electron chi connectivity index (χ4n) is 2.42. The van der Waals surface area contributed by atoms with Gasteiger partial charge in [-0.1, -0.05) is 25.1 Å². The Morgan fingerprint density at radius 3 is 2.94 bits per heavy atom. The van der Waals surface area contributed by atoms with Crippen molar-refractivity contribution in [3.8, 4) is 0 Å². The van der Waals surface area contributed by atoms with Gasteiger partial charge >= 0.3 is 0 Å². The second-order valence-corrected chi connectivity index (χ2v) is 5.92. The molecular weight excluding hydrogens is 226 g/mol. The highest BCUT2D eigenvalue weighted by Crippen LogP contribution is 2.32. The molecule has 1 aromatic rings. The van der Waals surface area contributed by atoms with E-state index < -0.39 is 0 Å². The Kier molecular flexibility index (Phi) is 4.55. The number of thioether (sulfide) groups is 1. The summed E-state index contributed by atoms with van der Waals surface area (Å²) in [6.07, 6.45) is 5.93. The lowest BCUT2D eigenvalue weighted by Crippen LogP contribution is -2.15. The van der Waals surface area contributed by atoms with Gasteiger partial charge in [-0.2, -0.15) is 0 Å². The molecule has 1 aliphatic carbocycles. The first kappa shape index (κ1) is 12.6. The average Bonchev–Trinajstić information content (AvgIpc) is 2.74. The Bertz CT molecular complexity index is 375. The molecule has 0 spiro atoms. The molecule has 1 aromatic carbocycles. The molecule has 1 aliphatic rings. The summed E-state index contributed by atoms with van der Waals surface area (Å²) in [7, 11) is 0. The third-order valence-electron chi connectivity index (χ3n) is 3.30. The van der Waals surface area contributed by atoms with Gasteiger partial charge in [0.25, 0.3) is 0 Å². The van der Waals surface area contributed by atoms with Crippen molar-refractivity contribution in [1.82, 2.24) is 0 Å². The number of rotatable bonds is 5. The molecule has 92 valence electrons. The molecule has 1 N–H and O–H groups in total. The van der Waals surface area contributed by atoms with E-state index in [0.29, 0.717) is 6.04 Å². The van der Waals surface area contributed by atoms with Gasteiger partial charge in [0.1, 0.15) is 0 Å². The van der Waals surface area contributed by atoms with Crippen LogP contribution in [-0.2, 0) is 0 Å². The maximum Gasteiger partial charge on any atom is 0.0480 e. The minimum atomic E-state index is 0.662. The quantitative estimate of drug-likeness (QED) is 0.604. The van der Waals surface area contributed by atoms with E-state index in [0.717, 1.165) is 11.7 Å². The van der Waals surface area contributed by atoms with Crippen molar-refractivity contribution in [1.29, 1.82) is 0 Å². The predicted molar refractivity (Wildman–Crippen MR) is 77.8 cm³/mol. The van der Waals surface area contributed by atoms with Gasteiger partial charge in [-0.25, -0.2) is 0 Å². The molecule has 1 saturated carbocycles. The molecule has 0 saturated heterocycles. The second kappa shape index (κ2) is 6.15. The van der Waals surface area contributed by atoms with Crippen molar-refractivity contribution in [3.63, 3.8) is 0 Å². The van der Waals surface area contributed by atoms with Crippen molar-refractivity contribution < 1.29 is 0 Å². The van der Waals surface area contributed by atoms with Gasteiger partial charge in [0.05, 0.1) is 0 Å². The zero-order chi connectivity index (χ0) is 12.1. The van der Waals surface area contributed by atoms with Crippen LogP contribution in [0.15, 0.2) is 41.8 Å². The molecule has 2 rings (SSSR count). The SMILES string of the molecule is C=CCSc1ccccc1NC1CCC(C)C1. The van der Waals surface area contributed by atoms with Crippen LogP contribution in [0.3, 0.4) is 0 Å². The van der Waals surface area contributed by atoms with Crippen LogP contribution in [0.4, 0.5) is 5.69 Å². The standard InChI is InChI=1S/C15H21NS/c1-3-10-17-15-7-5-4-6-14(15)16-13-9-8-12(2)11-13/h3-7,12-13,16H,1,8-11H2,2H3. The van der Waals surface area contributed by atoms with Crippen molar-refractivity contribution in [2.24, 2.45) is 5.92 Å². The van der Waals surface area contributed by atoms with Crippen LogP contribution >= 0.6 is 11.8 Å². The second-order valence-electron chi connectivity index (χ2n) is 4.86. The Morgan fingerprint density at radius 2 is 2.24 bits per heavy atom. The first-order chi connectivity index (χ1) is 8.29. The van der Waals surface area contributed by atoms with Gasteiger partial charge in [-0.3, -0.25) is 0 Å². The summed E-state index contributed by atoms with van der Waals surface area (Å²) in [5.41, 5.74) is 1.29.